The van der Waals surface area contributed by atoms with Gasteiger partial charge in [0.15, 0.2) is 5.75 Å². The first-order valence-electron chi connectivity index (χ1n) is 28.6. The van der Waals surface area contributed by atoms with E-state index in [0.29, 0.717) is 57.7 Å². The summed E-state index contributed by atoms with van der Waals surface area (Å²) in [5, 5.41) is 50.3. The zero-order valence-electron chi connectivity index (χ0n) is 47.1. The highest BCUT2D eigenvalue weighted by Crippen LogP contribution is 2.53. The SMILES string of the molecule is CCn1nccc1-c1ccc([C@H](CO)NC(=O)[C@@H]2C[C@@H](O)CN2C(=O)[C@H](C(C)C)n2cc(-c3ccc(COc4c(-c5c(C)c(F)cc6[nH]ncc56)c(C5CC5)cc5c(N6C[C@@H]7CN[C@@H](C7)C6)nc(OC[C@H](C)OC)nc45)cc3)nn2)cc1. The summed E-state index contributed by atoms with van der Waals surface area (Å²) in [4.78, 5) is 42.7. The number of H-pyrrole nitrogens is 1. The summed E-state index contributed by atoms with van der Waals surface area (Å²) < 4.78 is 38.6. The van der Waals surface area contributed by atoms with E-state index in [1.807, 2.05) is 87.0 Å². The molecule has 428 valence electrons. The summed E-state index contributed by atoms with van der Waals surface area (Å²) in [6.45, 7) is 12.7. The molecule has 82 heavy (non-hydrogen) atoms. The highest BCUT2D eigenvalue weighted by molar-refractivity contribution is 6.06. The molecular formula is C61H70FN13O7. The summed E-state index contributed by atoms with van der Waals surface area (Å²) in [6.07, 6.45) is 7.16. The van der Waals surface area contributed by atoms with Crippen LogP contribution in [0.1, 0.15) is 93.6 Å². The van der Waals surface area contributed by atoms with Gasteiger partial charge in [0.1, 0.15) is 48.1 Å². The number of fused-ring (bicyclic) bond motifs is 4. The van der Waals surface area contributed by atoms with Gasteiger partial charge in [0.25, 0.3) is 0 Å². The van der Waals surface area contributed by atoms with Gasteiger partial charge in [-0.1, -0.05) is 67.6 Å². The number of aromatic amines is 1. The van der Waals surface area contributed by atoms with Gasteiger partial charge in [0.2, 0.25) is 11.8 Å². The number of carbonyl (C=O) groups is 2. The molecule has 3 saturated heterocycles. The fraction of sp³-hybridized carbons (Fsp3) is 0.443. The van der Waals surface area contributed by atoms with Gasteiger partial charge in [-0.15, -0.1) is 5.10 Å². The molecule has 4 aliphatic rings. The number of nitrogens with one attached hydrogen (secondary N) is 3. The average molecular weight is 1120 g/mol. The first kappa shape index (κ1) is 54.7. The Kier molecular flexibility index (Phi) is 15.2. The monoisotopic (exact) mass is 1120 g/mol. The van der Waals surface area contributed by atoms with Crippen molar-refractivity contribution in [3.05, 3.63) is 113 Å². The number of piperidine rings is 1. The third kappa shape index (κ3) is 10.7. The number of methoxy groups -OCH3 is 1. The van der Waals surface area contributed by atoms with Crippen LogP contribution in [0.3, 0.4) is 0 Å². The van der Waals surface area contributed by atoms with Gasteiger partial charge in [0.05, 0.1) is 48.5 Å². The van der Waals surface area contributed by atoms with Crippen molar-refractivity contribution in [2.24, 2.45) is 11.8 Å². The summed E-state index contributed by atoms with van der Waals surface area (Å²) in [6, 6.07) is 18.9. The van der Waals surface area contributed by atoms with E-state index < -0.39 is 30.1 Å². The van der Waals surface area contributed by atoms with Crippen molar-refractivity contribution in [2.45, 2.75) is 116 Å². The molecule has 4 aromatic heterocycles. The maximum atomic E-state index is 16.1. The highest BCUT2D eigenvalue weighted by Gasteiger charge is 2.44. The van der Waals surface area contributed by atoms with Gasteiger partial charge in [-0.3, -0.25) is 19.4 Å². The topological polar surface area (TPSA) is 236 Å². The number of rotatable bonds is 20. The normalized spacial score (nSPS) is 20.0. The number of hydrogen-bond donors (Lipinski definition) is 5. The fourth-order valence-corrected chi connectivity index (χ4v) is 12.3. The highest BCUT2D eigenvalue weighted by atomic mass is 19.1. The molecule has 0 spiro atoms. The van der Waals surface area contributed by atoms with Crippen LogP contribution in [0.4, 0.5) is 10.2 Å². The van der Waals surface area contributed by atoms with E-state index in [4.69, 9.17) is 24.2 Å². The third-order valence-electron chi connectivity index (χ3n) is 16.8. The largest absolute Gasteiger partial charge is 0.486 e. The minimum Gasteiger partial charge on any atom is -0.486 e. The number of aliphatic hydroxyl groups is 2. The lowest BCUT2D eigenvalue weighted by Gasteiger charge is -2.33. The van der Waals surface area contributed by atoms with Gasteiger partial charge in [-0.05, 0) is 104 Å². The number of amides is 2. The van der Waals surface area contributed by atoms with Crippen LogP contribution in [0.15, 0.2) is 85.3 Å². The smallest absolute Gasteiger partial charge is 0.319 e. The van der Waals surface area contributed by atoms with Gasteiger partial charge >= 0.3 is 6.01 Å². The average Bonchev–Trinajstić information content (AvgIpc) is 2.03. The maximum Gasteiger partial charge on any atom is 0.319 e. The Balaban J connectivity index is 0.821. The lowest BCUT2D eigenvalue weighted by atomic mass is 9.88. The van der Waals surface area contributed by atoms with Crippen molar-refractivity contribution in [2.75, 3.05) is 51.4 Å². The van der Waals surface area contributed by atoms with E-state index in [2.05, 4.69) is 47.2 Å². The zero-order valence-corrected chi connectivity index (χ0v) is 47.1. The molecule has 2 bridgehead atoms. The molecule has 7 atom stereocenters. The Labute approximate surface area is 474 Å². The van der Waals surface area contributed by atoms with Crippen LogP contribution in [0, 0.1) is 24.6 Å². The van der Waals surface area contributed by atoms with E-state index in [0.717, 1.165) is 89.0 Å². The maximum absolute atomic E-state index is 16.1. The number of halogens is 1. The number of likely N-dealkylation sites (tertiary alicyclic amines) is 1. The predicted octanol–water partition coefficient (Wildman–Crippen LogP) is 7.44. The van der Waals surface area contributed by atoms with Crippen LogP contribution in [0.5, 0.6) is 11.8 Å². The van der Waals surface area contributed by atoms with Gasteiger partial charge in [-0.25, -0.2) is 9.07 Å². The minimum atomic E-state index is -0.986. The molecule has 1 aliphatic carbocycles. The minimum absolute atomic E-state index is 0.0388. The molecule has 4 fully saturated rings. The first-order valence-corrected chi connectivity index (χ1v) is 28.6. The molecule has 12 rings (SSSR count). The number of nitrogens with zero attached hydrogens (tertiary/aromatic N) is 10. The number of aromatic nitrogens is 9. The van der Waals surface area contributed by atoms with Crippen molar-refractivity contribution in [3.63, 3.8) is 0 Å². The predicted molar refractivity (Wildman–Crippen MR) is 306 cm³/mol. The van der Waals surface area contributed by atoms with Crippen LogP contribution in [-0.2, 0) is 27.5 Å². The first-order chi connectivity index (χ1) is 39.8. The Hall–Kier alpha value is -7.85. The summed E-state index contributed by atoms with van der Waals surface area (Å²) >= 11 is 0. The van der Waals surface area contributed by atoms with Crippen LogP contribution in [-0.4, -0.2) is 143 Å². The van der Waals surface area contributed by atoms with Crippen molar-refractivity contribution in [1.29, 1.82) is 0 Å². The molecule has 0 radical (unpaired) electrons. The summed E-state index contributed by atoms with van der Waals surface area (Å²) in [7, 11) is 1.64. The Morgan fingerprint density at radius 3 is 2.46 bits per heavy atom. The molecule has 8 aromatic rings. The molecule has 3 aliphatic heterocycles. The number of ether oxygens (including phenoxy) is 3. The molecule has 0 unspecified atom stereocenters. The van der Waals surface area contributed by atoms with Gasteiger partial charge in [0, 0.05) is 86.0 Å². The second kappa shape index (κ2) is 22.8. The number of aryl methyl sites for hydroxylation is 1. The molecule has 4 aromatic carbocycles. The third-order valence-corrected chi connectivity index (χ3v) is 16.8. The quantitative estimate of drug-likeness (QED) is 0.0499. The summed E-state index contributed by atoms with van der Waals surface area (Å²) in [5.41, 5.74) is 8.81. The van der Waals surface area contributed by atoms with Gasteiger partial charge in [-0.2, -0.15) is 20.2 Å². The van der Waals surface area contributed by atoms with E-state index in [1.54, 1.807) is 32.6 Å². The molecule has 1 saturated carbocycles. The fourth-order valence-electron chi connectivity index (χ4n) is 12.3. The lowest BCUT2D eigenvalue weighted by Crippen LogP contribution is -2.50. The summed E-state index contributed by atoms with van der Waals surface area (Å²) in [5.74, 6) is 0.455. The number of hydrogen-bond acceptors (Lipinski definition) is 15. The van der Waals surface area contributed by atoms with Crippen LogP contribution < -0.4 is 25.0 Å². The van der Waals surface area contributed by atoms with Crippen molar-refractivity contribution >= 4 is 39.4 Å². The molecule has 2 amide bonds. The Morgan fingerprint density at radius 2 is 1.73 bits per heavy atom. The van der Waals surface area contributed by atoms with Crippen molar-refractivity contribution in [3.8, 4) is 45.4 Å². The lowest BCUT2D eigenvalue weighted by molar-refractivity contribution is -0.142. The second-order valence-corrected chi connectivity index (χ2v) is 22.9. The van der Waals surface area contributed by atoms with Crippen LogP contribution in [0.25, 0.3) is 55.4 Å². The molecule has 21 heteroatoms. The zero-order chi connectivity index (χ0) is 56.9. The molecule has 20 nitrogen and oxygen atoms in total. The molecular weight excluding hydrogens is 1050 g/mol. The van der Waals surface area contributed by atoms with Crippen molar-refractivity contribution < 1.29 is 38.4 Å². The van der Waals surface area contributed by atoms with E-state index in [-0.39, 0.29) is 68.5 Å². The van der Waals surface area contributed by atoms with Gasteiger partial charge < -0.3 is 44.9 Å². The number of anilines is 1. The number of carbonyl (C=O) groups excluding carboxylic acids is 2. The van der Waals surface area contributed by atoms with E-state index in [1.165, 1.54) is 15.6 Å². The van der Waals surface area contributed by atoms with E-state index >= 15 is 4.39 Å². The number of β-amino-alcohol motifs (C(OH)–C–C–N with tert-alkyl or cyclic N) is 1. The second-order valence-electron chi connectivity index (χ2n) is 22.9. The number of aliphatic hydroxyl groups excluding tert-OH is 2. The Bertz CT molecular complexity index is 3620. The number of benzene rings is 4. The Morgan fingerprint density at radius 1 is 0.939 bits per heavy atom. The van der Waals surface area contributed by atoms with Crippen molar-refractivity contribution in [1.82, 2.24) is 60.5 Å². The van der Waals surface area contributed by atoms with Crippen LogP contribution in [0.2, 0.25) is 0 Å². The molecule has 7 heterocycles. The van der Waals surface area contributed by atoms with E-state index in [9.17, 15) is 19.8 Å². The standard InChI is InChI=1S/C61H70FN13O7/c1-7-74-51(18-19-65-74)41-16-14-40(15-17-41)50(30-76)66-59(78)52-21-43(77)28-73(52)60(79)56(33(2)3)75-29-49(70-71-75)39-10-8-36(9-11-39)32-81-57-54(53-35(5)47(62)23-48-46(53)25-64-69-48)44(38-12-13-38)22-45-55(57)67-61(82-31-34(4)80-6)68-58(45)72-26-37-20-42(27-72)63-24-37/h8-11,14-19,22-23,25,29,33-34,37-38,42-43,50,52,56,63,76-77H,7,12-13,20-21,24,26-28,30-32H2,1-6H3,(H,64,69)(H,66,78)/t34-,37-,42-,43+,50-,52-,56-/m0/s1. The van der Waals surface area contributed by atoms with Crippen LogP contribution >= 0.6 is 0 Å². The molecule has 5 N–H and O–H groups in total.